The fraction of sp³-hybridized carbons (Fsp3) is 0.615. The van der Waals surface area contributed by atoms with Crippen molar-refractivity contribution < 1.29 is 17.9 Å². The predicted molar refractivity (Wildman–Crippen MR) is 69.9 cm³/mol. The Morgan fingerprint density at radius 1 is 1.36 bits per heavy atom. The standard InChI is InChI=1S/C13H16F3N5O/c1-20-9(6-12(18-20)13(14,15)16)7-21-8-10(17-19-21)11-4-2-3-5-22-11/h6,8,11H,2-5,7H2,1H3. The Balaban J connectivity index is 1.74. The average Bonchev–Trinajstić information content (AvgIpc) is 3.08. The van der Waals surface area contributed by atoms with Gasteiger partial charge in [-0.3, -0.25) is 4.68 Å². The van der Waals surface area contributed by atoms with Crippen molar-refractivity contribution in [1.29, 1.82) is 0 Å². The zero-order valence-electron chi connectivity index (χ0n) is 12.0. The van der Waals surface area contributed by atoms with Crippen molar-refractivity contribution in [3.05, 3.63) is 29.3 Å². The van der Waals surface area contributed by atoms with Gasteiger partial charge in [-0.2, -0.15) is 18.3 Å². The molecule has 0 radical (unpaired) electrons. The molecule has 3 rings (SSSR count). The van der Waals surface area contributed by atoms with Crippen LogP contribution in [-0.4, -0.2) is 31.4 Å². The number of alkyl halides is 3. The van der Waals surface area contributed by atoms with E-state index in [9.17, 15) is 13.2 Å². The summed E-state index contributed by atoms with van der Waals surface area (Å²) in [6.07, 6.45) is 0.214. The number of rotatable bonds is 3. The summed E-state index contributed by atoms with van der Waals surface area (Å²) < 4.78 is 46.3. The minimum Gasteiger partial charge on any atom is -0.372 e. The van der Waals surface area contributed by atoms with Crippen LogP contribution in [-0.2, 0) is 24.5 Å². The van der Waals surface area contributed by atoms with E-state index >= 15 is 0 Å². The van der Waals surface area contributed by atoms with Crippen LogP contribution in [0.25, 0.3) is 0 Å². The second-order valence-electron chi connectivity index (χ2n) is 5.34. The molecule has 1 fully saturated rings. The molecule has 22 heavy (non-hydrogen) atoms. The van der Waals surface area contributed by atoms with Gasteiger partial charge in [0.25, 0.3) is 0 Å². The normalized spacial score (nSPS) is 19.5. The minimum absolute atomic E-state index is 0.0697. The highest BCUT2D eigenvalue weighted by Crippen LogP contribution is 2.29. The van der Waals surface area contributed by atoms with Crippen LogP contribution in [0, 0.1) is 0 Å². The highest BCUT2D eigenvalue weighted by Gasteiger charge is 2.34. The van der Waals surface area contributed by atoms with E-state index in [0.29, 0.717) is 12.3 Å². The van der Waals surface area contributed by atoms with E-state index in [0.717, 1.165) is 31.0 Å². The van der Waals surface area contributed by atoms with E-state index in [-0.39, 0.29) is 12.6 Å². The third kappa shape index (κ3) is 3.13. The maximum Gasteiger partial charge on any atom is 0.435 e. The summed E-state index contributed by atoms with van der Waals surface area (Å²) in [4.78, 5) is 0. The van der Waals surface area contributed by atoms with Gasteiger partial charge in [0.2, 0.25) is 0 Å². The Kier molecular flexibility index (Phi) is 3.90. The van der Waals surface area contributed by atoms with Crippen LogP contribution < -0.4 is 0 Å². The van der Waals surface area contributed by atoms with E-state index in [1.165, 1.54) is 16.4 Å². The third-order valence-corrected chi connectivity index (χ3v) is 3.66. The minimum atomic E-state index is -4.44. The first kappa shape index (κ1) is 15.0. The van der Waals surface area contributed by atoms with Crippen LogP contribution in [0.3, 0.4) is 0 Å². The number of nitrogens with zero attached hydrogens (tertiary/aromatic N) is 5. The first-order valence-corrected chi connectivity index (χ1v) is 7.05. The fourth-order valence-corrected chi connectivity index (χ4v) is 2.47. The van der Waals surface area contributed by atoms with Crippen molar-refractivity contribution in [2.45, 2.75) is 38.1 Å². The maximum atomic E-state index is 12.6. The summed E-state index contributed by atoms with van der Waals surface area (Å²) in [6, 6.07) is 1.03. The summed E-state index contributed by atoms with van der Waals surface area (Å²) in [5.41, 5.74) is 0.229. The van der Waals surface area contributed by atoms with Crippen LogP contribution in [0.4, 0.5) is 13.2 Å². The molecule has 2 aromatic heterocycles. The summed E-state index contributed by atoms with van der Waals surface area (Å²) in [7, 11) is 1.48. The predicted octanol–water partition coefficient (Wildman–Crippen LogP) is 2.32. The number of hydrogen-bond acceptors (Lipinski definition) is 4. The molecule has 1 atom stereocenters. The lowest BCUT2D eigenvalue weighted by atomic mass is 10.1. The molecule has 0 spiro atoms. The molecule has 1 aliphatic rings. The van der Waals surface area contributed by atoms with Crippen molar-refractivity contribution >= 4 is 0 Å². The molecule has 1 saturated heterocycles. The summed E-state index contributed by atoms with van der Waals surface area (Å²) in [5, 5.41) is 11.5. The van der Waals surface area contributed by atoms with Crippen LogP contribution in [0.15, 0.2) is 12.3 Å². The lowest BCUT2D eigenvalue weighted by Crippen LogP contribution is -2.11. The summed E-state index contributed by atoms with van der Waals surface area (Å²) >= 11 is 0. The van der Waals surface area contributed by atoms with Gasteiger partial charge >= 0.3 is 6.18 Å². The Hall–Kier alpha value is -1.90. The van der Waals surface area contributed by atoms with Gasteiger partial charge in [0.1, 0.15) is 11.8 Å². The molecular formula is C13H16F3N5O. The molecule has 1 unspecified atom stereocenters. The molecule has 0 saturated carbocycles. The summed E-state index contributed by atoms with van der Waals surface area (Å²) in [6.45, 7) is 0.882. The van der Waals surface area contributed by atoms with Gasteiger partial charge in [0.05, 0.1) is 18.4 Å². The van der Waals surface area contributed by atoms with Crippen LogP contribution >= 0.6 is 0 Å². The Labute approximate surface area is 124 Å². The molecule has 3 heterocycles. The number of ether oxygens (including phenoxy) is 1. The molecule has 0 bridgehead atoms. The number of aryl methyl sites for hydroxylation is 1. The zero-order valence-corrected chi connectivity index (χ0v) is 12.0. The van der Waals surface area contributed by atoms with Crippen molar-refractivity contribution in [2.24, 2.45) is 7.05 Å². The zero-order chi connectivity index (χ0) is 15.7. The SMILES string of the molecule is Cn1nc(C(F)(F)F)cc1Cn1cc(C2CCCCO2)nn1. The maximum absolute atomic E-state index is 12.6. The fourth-order valence-electron chi connectivity index (χ4n) is 2.47. The van der Waals surface area contributed by atoms with Gasteiger partial charge in [-0.25, -0.2) is 4.68 Å². The molecule has 9 heteroatoms. The number of hydrogen-bond donors (Lipinski definition) is 0. The topological polar surface area (TPSA) is 57.8 Å². The van der Waals surface area contributed by atoms with Crippen LogP contribution in [0.1, 0.15) is 42.4 Å². The summed E-state index contributed by atoms with van der Waals surface area (Å²) in [5.74, 6) is 0. The quantitative estimate of drug-likeness (QED) is 0.872. The molecule has 0 amide bonds. The number of halogens is 3. The largest absolute Gasteiger partial charge is 0.435 e. The van der Waals surface area contributed by atoms with Gasteiger partial charge in [-0.15, -0.1) is 5.10 Å². The molecular weight excluding hydrogens is 299 g/mol. The van der Waals surface area contributed by atoms with Gasteiger partial charge in [-0.1, -0.05) is 5.21 Å². The molecule has 0 aromatic carbocycles. The lowest BCUT2D eigenvalue weighted by molar-refractivity contribution is -0.141. The van der Waals surface area contributed by atoms with E-state index in [1.807, 2.05) is 0 Å². The van der Waals surface area contributed by atoms with Crippen LogP contribution in [0.5, 0.6) is 0 Å². The van der Waals surface area contributed by atoms with Gasteiger partial charge in [0.15, 0.2) is 5.69 Å². The molecule has 1 aliphatic heterocycles. The first-order chi connectivity index (χ1) is 10.4. The molecule has 120 valence electrons. The molecule has 2 aromatic rings. The van der Waals surface area contributed by atoms with E-state index in [4.69, 9.17) is 4.74 Å². The third-order valence-electron chi connectivity index (χ3n) is 3.66. The monoisotopic (exact) mass is 315 g/mol. The first-order valence-electron chi connectivity index (χ1n) is 7.05. The number of aromatic nitrogens is 5. The van der Waals surface area contributed by atoms with E-state index in [1.54, 1.807) is 6.20 Å². The van der Waals surface area contributed by atoms with Gasteiger partial charge in [0, 0.05) is 13.7 Å². The van der Waals surface area contributed by atoms with Crippen molar-refractivity contribution in [2.75, 3.05) is 6.61 Å². The van der Waals surface area contributed by atoms with Crippen LogP contribution in [0.2, 0.25) is 0 Å². The van der Waals surface area contributed by atoms with Gasteiger partial charge < -0.3 is 4.74 Å². The van der Waals surface area contributed by atoms with Crippen molar-refractivity contribution in [3.63, 3.8) is 0 Å². The molecule has 0 N–H and O–H groups in total. The lowest BCUT2D eigenvalue weighted by Gasteiger charge is -2.19. The average molecular weight is 315 g/mol. The highest BCUT2D eigenvalue weighted by atomic mass is 19.4. The smallest absolute Gasteiger partial charge is 0.372 e. The molecule has 0 aliphatic carbocycles. The van der Waals surface area contributed by atoms with E-state index < -0.39 is 11.9 Å². The molecule has 6 nitrogen and oxygen atoms in total. The Morgan fingerprint density at radius 2 is 2.18 bits per heavy atom. The van der Waals surface area contributed by atoms with Gasteiger partial charge in [-0.05, 0) is 25.3 Å². The second kappa shape index (κ2) is 5.71. The van der Waals surface area contributed by atoms with Crippen molar-refractivity contribution in [3.8, 4) is 0 Å². The highest BCUT2D eigenvalue weighted by molar-refractivity contribution is 5.13. The van der Waals surface area contributed by atoms with E-state index in [2.05, 4.69) is 15.4 Å². The second-order valence-corrected chi connectivity index (χ2v) is 5.34. The Bertz CT molecular complexity index is 642. The van der Waals surface area contributed by atoms with Crippen molar-refractivity contribution in [1.82, 2.24) is 24.8 Å². The Morgan fingerprint density at radius 3 is 2.82 bits per heavy atom.